The van der Waals surface area contributed by atoms with Gasteiger partial charge in [-0.25, -0.2) is 0 Å². The molecular formula is C66H123NO6. The Morgan fingerprint density at radius 3 is 0.986 bits per heavy atom. The first-order chi connectivity index (χ1) is 35.6. The van der Waals surface area contributed by atoms with E-state index >= 15 is 0 Å². The average molecular weight is 1030 g/mol. The summed E-state index contributed by atoms with van der Waals surface area (Å²) in [6.45, 7) is 18.0. The fraction of sp³-hybridized carbons (Fsp3) is 0.955. The topological polar surface area (TPSA) is 82.1 Å². The number of unbranched alkanes of at least 4 members (excludes halogenated alkanes) is 24. The Bertz CT molecular complexity index is 1270. The second-order valence-electron chi connectivity index (χ2n) is 25.3. The molecule has 7 nitrogen and oxygen atoms in total. The first-order valence-electron chi connectivity index (χ1n) is 32.8. The normalized spacial score (nSPS) is 21.2. The summed E-state index contributed by atoms with van der Waals surface area (Å²) in [6.07, 6.45) is 53.5. The number of nitrogens with zero attached hydrogens (tertiary/aromatic N) is 1. The zero-order valence-electron chi connectivity index (χ0n) is 49.7. The molecule has 0 spiro atoms. The minimum atomic E-state index is -0.0605. The van der Waals surface area contributed by atoms with Crippen molar-refractivity contribution in [2.24, 2.45) is 34.0 Å². The van der Waals surface area contributed by atoms with Crippen molar-refractivity contribution in [2.75, 3.05) is 39.5 Å². The van der Waals surface area contributed by atoms with Gasteiger partial charge in [-0.3, -0.25) is 14.4 Å². The third kappa shape index (κ3) is 29.1. The van der Waals surface area contributed by atoms with Gasteiger partial charge in [-0.05, 0) is 144 Å². The van der Waals surface area contributed by atoms with Gasteiger partial charge in [-0.15, -0.1) is 0 Å². The van der Waals surface area contributed by atoms with Gasteiger partial charge in [0.25, 0.3) is 0 Å². The number of hydrogen-bond acceptors (Lipinski definition) is 7. The summed E-state index contributed by atoms with van der Waals surface area (Å²) in [5.41, 5.74) is 0.348. The number of rotatable bonds is 51. The molecule has 0 aromatic rings. The Hall–Kier alpha value is -1.63. The molecule has 73 heavy (non-hydrogen) atoms. The number of carbonyl (C=O) groups excluding carboxylic acids is 3. The lowest BCUT2D eigenvalue weighted by Crippen LogP contribution is -2.57. The number of ether oxygens (including phenoxy) is 3. The highest BCUT2D eigenvalue weighted by atomic mass is 16.5. The maximum absolute atomic E-state index is 13.7. The zero-order valence-corrected chi connectivity index (χ0v) is 49.7. The lowest BCUT2D eigenvalue weighted by molar-refractivity contribution is -0.182. The van der Waals surface area contributed by atoms with Crippen molar-refractivity contribution >= 4 is 17.9 Å². The van der Waals surface area contributed by atoms with Crippen molar-refractivity contribution in [1.29, 1.82) is 0 Å². The van der Waals surface area contributed by atoms with Crippen molar-refractivity contribution < 1.29 is 28.6 Å². The molecule has 4 aliphatic rings. The number of carbonyl (C=O) groups is 3. The molecule has 0 aromatic heterocycles. The predicted molar refractivity (Wildman–Crippen MR) is 309 cm³/mol. The van der Waals surface area contributed by atoms with Crippen LogP contribution in [0.15, 0.2) is 0 Å². The van der Waals surface area contributed by atoms with Crippen LogP contribution in [0.5, 0.6) is 0 Å². The van der Waals surface area contributed by atoms with E-state index in [1.54, 1.807) is 0 Å². The van der Waals surface area contributed by atoms with Gasteiger partial charge >= 0.3 is 17.9 Å². The predicted octanol–water partition coefficient (Wildman–Crippen LogP) is 19.4. The lowest BCUT2D eigenvalue weighted by atomic mass is 9.38. The molecule has 0 radical (unpaired) electrons. The van der Waals surface area contributed by atoms with Crippen LogP contribution in [0.2, 0.25) is 0 Å². The van der Waals surface area contributed by atoms with Crippen LogP contribution in [-0.2, 0) is 28.6 Å². The molecule has 0 heterocycles. The summed E-state index contributed by atoms with van der Waals surface area (Å²) >= 11 is 0. The first-order valence-corrected chi connectivity index (χ1v) is 32.8. The maximum Gasteiger partial charge on any atom is 0.306 e. The van der Waals surface area contributed by atoms with E-state index in [-0.39, 0.29) is 34.2 Å². The van der Waals surface area contributed by atoms with Crippen molar-refractivity contribution in [1.82, 2.24) is 4.90 Å². The minimum absolute atomic E-state index is 0.0158. The van der Waals surface area contributed by atoms with Crippen LogP contribution >= 0.6 is 0 Å². The van der Waals surface area contributed by atoms with Gasteiger partial charge in [0.15, 0.2) is 0 Å². The van der Waals surface area contributed by atoms with Crippen LogP contribution in [0.3, 0.4) is 0 Å². The second-order valence-corrected chi connectivity index (χ2v) is 25.3. The third-order valence-corrected chi connectivity index (χ3v) is 18.6. The molecule has 0 amide bonds. The van der Waals surface area contributed by atoms with Crippen LogP contribution in [0.4, 0.5) is 0 Å². The minimum Gasteiger partial charge on any atom is -0.466 e. The zero-order chi connectivity index (χ0) is 52.7. The molecule has 428 valence electrons. The monoisotopic (exact) mass is 1030 g/mol. The molecule has 0 aromatic carbocycles. The summed E-state index contributed by atoms with van der Waals surface area (Å²) in [4.78, 5) is 42.9. The summed E-state index contributed by atoms with van der Waals surface area (Å²) in [5, 5.41) is 0. The van der Waals surface area contributed by atoms with E-state index in [0.29, 0.717) is 56.8 Å². The third-order valence-electron chi connectivity index (χ3n) is 18.6. The lowest BCUT2D eigenvalue weighted by Gasteiger charge is -2.67. The molecule has 4 aliphatic carbocycles. The van der Waals surface area contributed by atoms with E-state index in [1.807, 2.05) is 0 Å². The number of hydrogen-bond donors (Lipinski definition) is 0. The van der Waals surface area contributed by atoms with Crippen LogP contribution in [-0.4, -0.2) is 62.3 Å². The van der Waals surface area contributed by atoms with E-state index in [9.17, 15) is 14.4 Å². The number of esters is 3. The van der Waals surface area contributed by atoms with Gasteiger partial charge in [0, 0.05) is 19.3 Å². The van der Waals surface area contributed by atoms with Gasteiger partial charge in [0.05, 0.1) is 19.8 Å². The molecule has 0 N–H and O–H groups in total. The fourth-order valence-electron chi connectivity index (χ4n) is 14.9. The summed E-state index contributed by atoms with van der Waals surface area (Å²) in [6, 6.07) is 0. The van der Waals surface area contributed by atoms with Crippen LogP contribution in [0, 0.1) is 34.0 Å². The first kappa shape index (κ1) is 65.7. The van der Waals surface area contributed by atoms with Crippen LogP contribution < -0.4 is 0 Å². The van der Waals surface area contributed by atoms with Crippen molar-refractivity contribution in [3.63, 3.8) is 0 Å². The van der Waals surface area contributed by atoms with E-state index in [2.05, 4.69) is 46.4 Å². The van der Waals surface area contributed by atoms with Crippen molar-refractivity contribution in [2.45, 2.75) is 330 Å². The Morgan fingerprint density at radius 1 is 0.397 bits per heavy atom. The average Bonchev–Trinajstić information content (AvgIpc) is 3.35. The molecule has 2 atom stereocenters. The standard InChI is InChI=1S/C66H123NO6/c1-7-13-17-21-25-29-33-38-58(39-34-30-26-22-18-14-8-2)50-62(69)72-48-44-65-53-60-52-64(55-65,43-47-71-61(68)42-37-46-67(11-5)12-6)56-66(54-60,57-65)45-49-73-63(70)51-59(40-35-31-27-23-19-15-9-3)41-36-32-28-24-20-16-10-4/h58-60H,7-57H2,1-6H3. The molecule has 0 aliphatic heterocycles. The highest BCUT2D eigenvalue weighted by molar-refractivity contribution is 5.70. The van der Waals surface area contributed by atoms with Gasteiger partial charge in [-0.1, -0.05) is 221 Å². The summed E-state index contributed by atoms with van der Waals surface area (Å²) in [7, 11) is 0. The Morgan fingerprint density at radius 2 is 0.685 bits per heavy atom. The van der Waals surface area contributed by atoms with E-state index in [0.717, 1.165) is 90.3 Å². The van der Waals surface area contributed by atoms with E-state index in [4.69, 9.17) is 14.2 Å². The highest BCUT2D eigenvalue weighted by Gasteiger charge is 2.62. The quantitative estimate of drug-likeness (QED) is 0.0341. The Labute approximate surface area is 453 Å². The van der Waals surface area contributed by atoms with Gasteiger partial charge < -0.3 is 19.1 Å². The molecule has 4 rings (SSSR count). The van der Waals surface area contributed by atoms with Crippen molar-refractivity contribution in [3.8, 4) is 0 Å². The Balaban J connectivity index is 1.64. The molecule has 4 fully saturated rings. The van der Waals surface area contributed by atoms with Gasteiger partial charge in [-0.2, -0.15) is 0 Å². The van der Waals surface area contributed by atoms with Crippen molar-refractivity contribution in [3.05, 3.63) is 0 Å². The molecule has 4 saturated carbocycles. The SMILES string of the molecule is CCCCCCCCCC(CCCCCCCCC)CC(=O)OCCC12CC3CC(CCOC(=O)CCCN(CC)CC)(C1)CC(CCOC(=O)CC(CCCCCCCCC)CCCCCCCCC)(C3)C2. The molecule has 7 heteroatoms. The van der Waals surface area contributed by atoms with Crippen LogP contribution in [0.1, 0.15) is 330 Å². The fourth-order valence-corrected chi connectivity index (χ4v) is 14.9. The highest BCUT2D eigenvalue weighted by Crippen LogP contribution is 2.72. The summed E-state index contributed by atoms with van der Waals surface area (Å²) in [5.74, 6) is 1.46. The Kier molecular flexibility index (Phi) is 36.5. The molecule has 2 unspecified atom stereocenters. The van der Waals surface area contributed by atoms with E-state index < -0.39 is 0 Å². The molecule has 0 saturated heterocycles. The maximum atomic E-state index is 13.7. The second kappa shape index (κ2) is 40.6. The van der Waals surface area contributed by atoms with E-state index in [1.165, 1.54) is 199 Å². The van der Waals surface area contributed by atoms with Gasteiger partial charge in [0.2, 0.25) is 0 Å². The largest absolute Gasteiger partial charge is 0.466 e. The summed E-state index contributed by atoms with van der Waals surface area (Å²) < 4.78 is 18.6. The van der Waals surface area contributed by atoms with Crippen LogP contribution in [0.25, 0.3) is 0 Å². The smallest absolute Gasteiger partial charge is 0.306 e. The van der Waals surface area contributed by atoms with Gasteiger partial charge in [0.1, 0.15) is 0 Å². The molecule has 4 bridgehead atoms. The molecular weight excluding hydrogens is 903 g/mol.